The quantitative estimate of drug-likeness (QED) is 0.561. The van der Waals surface area contributed by atoms with Gasteiger partial charge in [0.25, 0.3) is 5.91 Å². The number of benzene rings is 1. The summed E-state index contributed by atoms with van der Waals surface area (Å²) in [6.07, 6.45) is 1.73. The van der Waals surface area contributed by atoms with E-state index in [9.17, 15) is 4.79 Å². The molecule has 7 heteroatoms. The molecule has 0 spiro atoms. The molecule has 0 saturated carbocycles. The van der Waals surface area contributed by atoms with Crippen molar-refractivity contribution in [3.8, 4) is 0 Å². The summed E-state index contributed by atoms with van der Waals surface area (Å²) in [6.45, 7) is 1.29. The lowest BCUT2D eigenvalue weighted by Crippen LogP contribution is -2.21. The Morgan fingerprint density at radius 1 is 1.27 bits per heavy atom. The van der Waals surface area contributed by atoms with Gasteiger partial charge in [-0.15, -0.1) is 0 Å². The van der Waals surface area contributed by atoms with Gasteiger partial charge < -0.3 is 4.90 Å². The molecule has 0 aliphatic carbocycles. The van der Waals surface area contributed by atoms with Crippen LogP contribution in [0.3, 0.4) is 0 Å². The van der Waals surface area contributed by atoms with Crippen molar-refractivity contribution in [3.63, 3.8) is 0 Å². The van der Waals surface area contributed by atoms with Gasteiger partial charge in [-0.1, -0.05) is 23.5 Å². The molecule has 6 nitrogen and oxygen atoms in total. The molecule has 1 aliphatic rings. The van der Waals surface area contributed by atoms with E-state index < -0.39 is 5.91 Å². The molecule has 0 unspecified atom stereocenters. The Bertz CT molecular complexity index is 844. The Hall–Kier alpha value is -2.51. The van der Waals surface area contributed by atoms with Crippen molar-refractivity contribution in [3.05, 3.63) is 53.2 Å². The van der Waals surface area contributed by atoms with Crippen molar-refractivity contribution in [1.82, 2.24) is 15.4 Å². The molecule has 1 amide bonds. The highest BCUT2D eigenvalue weighted by Gasteiger charge is 2.26. The third-order valence-corrected chi connectivity index (χ3v) is 4.82. The van der Waals surface area contributed by atoms with Crippen LogP contribution in [0, 0.1) is 0 Å². The summed E-state index contributed by atoms with van der Waals surface area (Å²) in [6, 6.07) is 9.43. The summed E-state index contributed by atoms with van der Waals surface area (Å²) in [7, 11) is 0. The zero-order chi connectivity index (χ0) is 15.1. The minimum atomic E-state index is -0.482. The van der Waals surface area contributed by atoms with E-state index >= 15 is 0 Å². The second-order valence-electron chi connectivity index (χ2n) is 5.06. The van der Waals surface area contributed by atoms with Crippen LogP contribution in [0.15, 0.2) is 36.5 Å². The first-order valence-corrected chi connectivity index (χ1v) is 7.59. The number of nitrogens with one attached hydrogen (secondary N) is 1. The average Bonchev–Trinajstić information content (AvgIpc) is 3.16. The molecule has 2 aromatic heterocycles. The SMILES string of the molecule is O=C(NO)c1cccc2c1CN(c1nc3ncccc3s1)C2. The standard InChI is InChI=1S/C15H12N4O2S/c20-14(18-21)10-4-1-3-9-7-19(8-11(9)10)15-17-13-12(22-15)5-2-6-16-13/h1-6,21H,7-8H2,(H,18,20). The number of amides is 1. The van der Waals surface area contributed by atoms with E-state index in [1.165, 1.54) is 0 Å². The second kappa shape index (κ2) is 5.04. The number of carbonyl (C=O) groups is 1. The Morgan fingerprint density at radius 3 is 3.00 bits per heavy atom. The fourth-order valence-electron chi connectivity index (χ4n) is 2.72. The van der Waals surface area contributed by atoms with Gasteiger partial charge in [-0.05, 0) is 29.3 Å². The number of thiazole rings is 1. The first-order chi connectivity index (χ1) is 10.8. The van der Waals surface area contributed by atoms with Crippen molar-refractivity contribution in [2.24, 2.45) is 0 Å². The number of hydrogen-bond donors (Lipinski definition) is 2. The van der Waals surface area contributed by atoms with Crippen molar-refractivity contribution in [1.29, 1.82) is 0 Å². The van der Waals surface area contributed by atoms with Gasteiger partial charge in [-0.2, -0.15) is 4.98 Å². The molecule has 0 bridgehead atoms. The van der Waals surface area contributed by atoms with Crippen molar-refractivity contribution in [2.75, 3.05) is 4.90 Å². The van der Waals surface area contributed by atoms with Crippen LogP contribution < -0.4 is 10.4 Å². The Balaban J connectivity index is 1.71. The van der Waals surface area contributed by atoms with E-state index in [0.29, 0.717) is 18.7 Å². The van der Waals surface area contributed by atoms with Crippen molar-refractivity contribution >= 4 is 32.7 Å². The molecular weight excluding hydrogens is 300 g/mol. The van der Waals surface area contributed by atoms with Gasteiger partial charge in [0.1, 0.15) is 0 Å². The predicted octanol–water partition coefficient (Wildman–Crippen LogP) is 2.33. The fourth-order valence-corrected chi connectivity index (χ4v) is 3.65. The van der Waals surface area contributed by atoms with Gasteiger partial charge in [-0.25, -0.2) is 10.5 Å². The third kappa shape index (κ3) is 2.02. The van der Waals surface area contributed by atoms with E-state index in [-0.39, 0.29) is 0 Å². The Morgan fingerprint density at radius 2 is 2.18 bits per heavy atom. The normalized spacial score (nSPS) is 13.4. The molecule has 0 atom stereocenters. The number of nitrogens with zero attached hydrogens (tertiary/aromatic N) is 3. The van der Waals surface area contributed by atoms with Crippen molar-refractivity contribution < 1.29 is 10.0 Å². The van der Waals surface area contributed by atoms with Crippen LogP contribution in [-0.2, 0) is 13.1 Å². The number of fused-ring (bicyclic) bond motifs is 2. The van der Waals surface area contributed by atoms with Crippen LogP contribution in [0.2, 0.25) is 0 Å². The molecule has 3 aromatic rings. The van der Waals surface area contributed by atoms with Gasteiger partial charge >= 0.3 is 0 Å². The maximum absolute atomic E-state index is 11.8. The highest BCUT2D eigenvalue weighted by atomic mass is 32.1. The number of rotatable bonds is 2. The topological polar surface area (TPSA) is 78.4 Å². The lowest BCUT2D eigenvalue weighted by molar-refractivity contribution is 0.0705. The number of anilines is 1. The van der Waals surface area contributed by atoms with Crippen LogP contribution in [0.1, 0.15) is 21.5 Å². The van der Waals surface area contributed by atoms with E-state index in [1.54, 1.807) is 29.1 Å². The van der Waals surface area contributed by atoms with E-state index in [0.717, 1.165) is 26.6 Å². The summed E-state index contributed by atoms with van der Waals surface area (Å²) in [4.78, 5) is 22.7. The molecule has 4 rings (SSSR count). The Kier molecular flexibility index (Phi) is 3.02. The fraction of sp³-hybridized carbons (Fsp3) is 0.133. The number of aromatic nitrogens is 2. The summed E-state index contributed by atoms with van der Waals surface area (Å²) in [5.41, 5.74) is 4.96. The van der Waals surface area contributed by atoms with Gasteiger partial charge in [0, 0.05) is 24.8 Å². The molecule has 0 fully saturated rings. The molecule has 3 heterocycles. The van der Waals surface area contributed by atoms with Gasteiger partial charge in [0.15, 0.2) is 10.8 Å². The van der Waals surface area contributed by atoms with Gasteiger partial charge in [0.2, 0.25) is 0 Å². The lowest BCUT2D eigenvalue weighted by Gasteiger charge is -2.12. The van der Waals surface area contributed by atoms with E-state index in [1.807, 2.05) is 24.3 Å². The van der Waals surface area contributed by atoms with Crippen LogP contribution in [0.5, 0.6) is 0 Å². The van der Waals surface area contributed by atoms with E-state index in [2.05, 4.69) is 14.9 Å². The van der Waals surface area contributed by atoms with E-state index in [4.69, 9.17) is 5.21 Å². The lowest BCUT2D eigenvalue weighted by atomic mass is 10.0. The van der Waals surface area contributed by atoms with Crippen LogP contribution in [0.25, 0.3) is 10.3 Å². The van der Waals surface area contributed by atoms with Crippen molar-refractivity contribution in [2.45, 2.75) is 13.1 Å². The molecule has 110 valence electrons. The maximum Gasteiger partial charge on any atom is 0.274 e. The number of carbonyl (C=O) groups excluding carboxylic acids is 1. The average molecular weight is 312 g/mol. The smallest absolute Gasteiger partial charge is 0.274 e. The number of hydroxylamine groups is 1. The zero-order valence-electron chi connectivity index (χ0n) is 11.5. The maximum atomic E-state index is 11.8. The van der Waals surface area contributed by atoms with Gasteiger partial charge in [0.05, 0.1) is 4.70 Å². The third-order valence-electron chi connectivity index (χ3n) is 3.75. The zero-order valence-corrected chi connectivity index (χ0v) is 12.3. The predicted molar refractivity (Wildman–Crippen MR) is 83.0 cm³/mol. The summed E-state index contributed by atoms with van der Waals surface area (Å²) < 4.78 is 1.04. The minimum Gasteiger partial charge on any atom is -0.339 e. The van der Waals surface area contributed by atoms with Gasteiger partial charge in [-0.3, -0.25) is 10.0 Å². The summed E-state index contributed by atoms with van der Waals surface area (Å²) in [5.74, 6) is -0.482. The second-order valence-corrected chi connectivity index (χ2v) is 6.07. The molecule has 22 heavy (non-hydrogen) atoms. The number of hydrogen-bond acceptors (Lipinski definition) is 6. The van der Waals surface area contributed by atoms with Crippen LogP contribution >= 0.6 is 11.3 Å². The summed E-state index contributed by atoms with van der Waals surface area (Å²) >= 11 is 1.59. The molecule has 0 saturated heterocycles. The Labute approximate surface area is 130 Å². The molecular formula is C15H12N4O2S. The first-order valence-electron chi connectivity index (χ1n) is 6.78. The largest absolute Gasteiger partial charge is 0.339 e. The molecule has 1 aromatic carbocycles. The molecule has 0 radical (unpaired) electrons. The summed E-state index contributed by atoms with van der Waals surface area (Å²) in [5, 5.41) is 9.76. The molecule has 1 aliphatic heterocycles. The molecule has 2 N–H and O–H groups in total. The van der Waals surface area contributed by atoms with Crippen LogP contribution in [0.4, 0.5) is 5.13 Å². The minimum absolute atomic E-state index is 0.482. The van der Waals surface area contributed by atoms with Crippen LogP contribution in [-0.4, -0.2) is 21.1 Å². The highest BCUT2D eigenvalue weighted by molar-refractivity contribution is 7.22. The highest BCUT2D eigenvalue weighted by Crippen LogP contribution is 2.34. The number of pyridine rings is 1. The monoisotopic (exact) mass is 312 g/mol. The first kappa shape index (κ1) is 13.2.